The summed E-state index contributed by atoms with van der Waals surface area (Å²) < 4.78 is 16.3. The lowest BCUT2D eigenvalue weighted by Gasteiger charge is -2.45. The molecule has 0 N–H and O–H groups in total. The third kappa shape index (κ3) is 3.96. The van der Waals surface area contributed by atoms with Crippen molar-refractivity contribution in [2.75, 3.05) is 0 Å². The first-order valence-corrected chi connectivity index (χ1v) is 17.8. The predicted molar refractivity (Wildman–Crippen MR) is 210 cm³/mol. The van der Waals surface area contributed by atoms with E-state index in [0.29, 0.717) is 0 Å². The lowest BCUT2D eigenvalue weighted by atomic mass is 9.61. The standard InChI is InChI=1S/C49H31NO2/c1-3-15-32(16-4-1)35-20-13-24-41-47(35)51-45-27-11-8-22-39(45)49(41)40-23-9-12-28-46(40)52-48-36(21-14-25-42(48)49)33-29-30-44-38(31-33)37-19-7-10-26-43(37)50(44)34-17-5-2-6-18-34/h1-31H. The van der Waals surface area contributed by atoms with Gasteiger partial charge in [-0.25, -0.2) is 0 Å². The minimum absolute atomic E-state index is 0.692. The van der Waals surface area contributed by atoms with Crippen molar-refractivity contribution in [1.29, 1.82) is 0 Å². The van der Waals surface area contributed by atoms with Gasteiger partial charge in [0.2, 0.25) is 0 Å². The summed E-state index contributed by atoms with van der Waals surface area (Å²) in [5, 5.41) is 2.42. The van der Waals surface area contributed by atoms with Crippen molar-refractivity contribution >= 4 is 21.8 Å². The molecular weight excluding hydrogens is 635 g/mol. The van der Waals surface area contributed by atoms with Gasteiger partial charge >= 0.3 is 0 Å². The van der Waals surface area contributed by atoms with Crippen LogP contribution in [0.4, 0.5) is 0 Å². The van der Waals surface area contributed by atoms with Crippen LogP contribution in [0.2, 0.25) is 0 Å². The molecule has 0 amide bonds. The molecule has 2 aliphatic heterocycles. The highest BCUT2D eigenvalue weighted by molar-refractivity contribution is 6.10. The van der Waals surface area contributed by atoms with Gasteiger partial charge in [-0.3, -0.25) is 0 Å². The van der Waals surface area contributed by atoms with Crippen molar-refractivity contribution in [3.8, 4) is 50.9 Å². The molecule has 2 aliphatic rings. The van der Waals surface area contributed by atoms with Crippen LogP contribution in [-0.4, -0.2) is 4.57 Å². The Morgan fingerprint density at radius 1 is 0.365 bits per heavy atom. The van der Waals surface area contributed by atoms with Gasteiger partial charge in [0.1, 0.15) is 23.0 Å². The maximum absolute atomic E-state index is 7.06. The third-order valence-corrected chi connectivity index (χ3v) is 10.9. The van der Waals surface area contributed by atoms with Gasteiger partial charge < -0.3 is 14.0 Å². The molecule has 52 heavy (non-hydrogen) atoms. The second-order valence-corrected chi connectivity index (χ2v) is 13.6. The highest BCUT2D eigenvalue weighted by Gasteiger charge is 2.51. The molecule has 244 valence electrons. The Labute approximate surface area is 301 Å². The first-order chi connectivity index (χ1) is 25.8. The smallest absolute Gasteiger partial charge is 0.140 e. The number of para-hydroxylation sites is 6. The molecule has 11 rings (SSSR count). The Hall–Kier alpha value is -6.84. The van der Waals surface area contributed by atoms with E-state index in [9.17, 15) is 0 Å². The molecule has 3 heteroatoms. The average molecular weight is 666 g/mol. The molecule has 1 atom stereocenters. The zero-order valence-electron chi connectivity index (χ0n) is 28.2. The highest BCUT2D eigenvalue weighted by Crippen LogP contribution is 2.63. The zero-order chi connectivity index (χ0) is 34.2. The topological polar surface area (TPSA) is 23.4 Å². The summed E-state index contributed by atoms with van der Waals surface area (Å²) in [7, 11) is 0. The van der Waals surface area contributed by atoms with Crippen LogP contribution in [0.5, 0.6) is 23.0 Å². The van der Waals surface area contributed by atoms with E-state index in [1.165, 1.54) is 21.8 Å². The Bertz CT molecular complexity index is 2840. The van der Waals surface area contributed by atoms with E-state index in [4.69, 9.17) is 9.47 Å². The van der Waals surface area contributed by atoms with Crippen LogP contribution in [0.3, 0.4) is 0 Å². The van der Waals surface area contributed by atoms with Crippen molar-refractivity contribution in [1.82, 2.24) is 4.57 Å². The fraction of sp³-hybridized carbons (Fsp3) is 0.0204. The first-order valence-electron chi connectivity index (χ1n) is 17.8. The van der Waals surface area contributed by atoms with E-state index in [1.807, 2.05) is 0 Å². The van der Waals surface area contributed by atoms with Crippen molar-refractivity contribution in [3.63, 3.8) is 0 Å². The summed E-state index contributed by atoms with van der Waals surface area (Å²) in [6.07, 6.45) is 0. The molecule has 1 aromatic heterocycles. The van der Waals surface area contributed by atoms with Crippen molar-refractivity contribution < 1.29 is 9.47 Å². The van der Waals surface area contributed by atoms with Crippen LogP contribution < -0.4 is 9.47 Å². The molecule has 8 aromatic carbocycles. The maximum Gasteiger partial charge on any atom is 0.140 e. The van der Waals surface area contributed by atoms with Crippen LogP contribution in [0.25, 0.3) is 49.7 Å². The summed E-state index contributed by atoms with van der Waals surface area (Å²) in [6, 6.07) is 66.9. The van der Waals surface area contributed by atoms with E-state index in [2.05, 4.69) is 193 Å². The summed E-state index contributed by atoms with van der Waals surface area (Å²) in [4.78, 5) is 0. The largest absolute Gasteiger partial charge is 0.456 e. The van der Waals surface area contributed by atoms with Gasteiger partial charge in [0.25, 0.3) is 0 Å². The number of hydrogen-bond acceptors (Lipinski definition) is 2. The number of rotatable bonds is 3. The maximum atomic E-state index is 7.06. The average Bonchev–Trinajstić information content (AvgIpc) is 3.55. The third-order valence-electron chi connectivity index (χ3n) is 10.9. The monoisotopic (exact) mass is 665 g/mol. The molecule has 1 unspecified atom stereocenters. The van der Waals surface area contributed by atoms with Gasteiger partial charge in [0.15, 0.2) is 0 Å². The van der Waals surface area contributed by atoms with E-state index >= 15 is 0 Å². The molecule has 3 nitrogen and oxygen atoms in total. The van der Waals surface area contributed by atoms with E-state index < -0.39 is 5.41 Å². The Morgan fingerprint density at radius 3 is 1.56 bits per heavy atom. The fourth-order valence-corrected chi connectivity index (χ4v) is 8.77. The molecule has 1 spiro atoms. The van der Waals surface area contributed by atoms with Crippen LogP contribution in [-0.2, 0) is 5.41 Å². The molecule has 0 bridgehead atoms. The van der Waals surface area contributed by atoms with Gasteiger partial charge in [-0.05, 0) is 53.6 Å². The highest BCUT2D eigenvalue weighted by atomic mass is 16.5. The number of ether oxygens (including phenoxy) is 2. The van der Waals surface area contributed by atoms with Gasteiger partial charge in [0.05, 0.1) is 16.4 Å². The molecule has 0 saturated heterocycles. The summed E-state index contributed by atoms with van der Waals surface area (Å²) in [5.74, 6) is 3.43. The number of nitrogens with zero attached hydrogens (tertiary/aromatic N) is 1. The second kappa shape index (κ2) is 11.1. The lowest BCUT2D eigenvalue weighted by Crippen LogP contribution is -2.37. The molecule has 0 saturated carbocycles. The van der Waals surface area contributed by atoms with Crippen LogP contribution >= 0.6 is 0 Å². The van der Waals surface area contributed by atoms with Gasteiger partial charge in [0, 0.05) is 49.8 Å². The lowest BCUT2D eigenvalue weighted by molar-refractivity contribution is 0.401. The van der Waals surface area contributed by atoms with E-state index in [0.717, 1.165) is 73.2 Å². The van der Waals surface area contributed by atoms with Crippen LogP contribution in [0.1, 0.15) is 22.3 Å². The first kappa shape index (κ1) is 28.9. The molecule has 0 fully saturated rings. The van der Waals surface area contributed by atoms with Crippen LogP contribution in [0, 0.1) is 0 Å². The van der Waals surface area contributed by atoms with Crippen LogP contribution in [0.15, 0.2) is 188 Å². The SMILES string of the molecule is c1ccc(-c2cccc3c2Oc2ccccc2C32c3ccccc3Oc3c(-c4ccc5c(c4)c4ccccc4n5-c4ccccc4)cccc32)cc1. The quantitative estimate of drug-likeness (QED) is 0.187. The molecular formula is C49H31NO2. The normalized spacial score (nSPS) is 15.3. The number of benzene rings is 8. The van der Waals surface area contributed by atoms with Gasteiger partial charge in [-0.2, -0.15) is 0 Å². The number of fused-ring (bicyclic) bond motifs is 11. The Kier molecular flexibility index (Phi) is 6.17. The number of hydrogen-bond donors (Lipinski definition) is 0. The minimum atomic E-state index is -0.692. The predicted octanol–water partition coefficient (Wildman–Crippen LogP) is 12.7. The van der Waals surface area contributed by atoms with E-state index in [1.54, 1.807) is 0 Å². The molecule has 3 heterocycles. The zero-order valence-corrected chi connectivity index (χ0v) is 28.2. The Balaban J connectivity index is 1.20. The summed E-state index contributed by atoms with van der Waals surface area (Å²) >= 11 is 0. The molecule has 0 aliphatic carbocycles. The van der Waals surface area contributed by atoms with Crippen molar-refractivity contribution in [3.05, 3.63) is 210 Å². The van der Waals surface area contributed by atoms with Gasteiger partial charge in [-0.1, -0.05) is 146 Å². The molecule has 9 aromatic rings. The van der Waals surface area contributed by atoms with Crippen molar-refractivity contribution in [2.45, 2.75) is 5.41 Å². The minimum Gasteiger partial charge on any atom is -0.456 e. The molecule has 0 radical (unpaired) electrons. The van der Waals surface area contributed by atoms with E-state index in [-0.39, 0.29) is 0 Å². The summed E-state index contributed by atoms with van der Waals surface area (Å²) in [6.45, 7) is 0. The summed E-state index contributed by atoms with van der Waals surface area (Å²) in [5.41, 5.74) is 11.5. The van der Waals surface area contributed by atoms with Gasteiger partial charge in [-0.15, -0.1) is 0 Å². The Morgan fingerprint density at radius 2 is 0.885 bits per heavy atom. The van der Waals surface area contributed by atoms with Crippen molar-refractivity contribution in [2.24, 2.45) is 0 Å². The number of aromatic nitrogens is 1. The second-order valence-electron chi connectivity index (χ2n) is 13.6. The fourth-order valence-electron chi connectivity index (χ4n) is 8.77.